The Bertz CT molecular complexity index is 750. The number of guanidine groups is 1. The van der Waals surface area contributed by atoms with Crippen molar-refractivity contribution in [3.63, 3.8) is 0 Å². The summed E-state index contributed by atoms with van der Waals surface area (Å²) in [7, 11) is 1.78. The second-order valence-corrected chi connectivity index (χ2v) is 6.88. The van der Waals surface area contributed by atoms with Crippen molar-refractivity contribution in [3.8, 4) is 5.75 Å². The second kappa shape index (κ2) is 11.3. The van der Waals surface area contributed by atoms with Gasteiger partial charge in [0.2, 0.25) is 0 Å². The van der Waals surface area contributed by atoms with Gasteiger partial charge in [0.1, 0.15) is 11.5 Å². The number of rotatable bonds is 9. The maximum Gasteiger partial charge on any atom is 0.191 e. The molecule has 1 aliphatic rings. The molecule has 7 heteroatoms. The number of ether oxygens (including phenoxy) is 1. The van der Waals surface area contributed by atoms with E-state index < -0.39 is 0 Å². The van der Waals surface area contributed by atoms with Crippen molar-refractivity contribution in [2.24, 2.45) is 10.9 Å². The van der Waals surface area contributed by atoms with Crippen LogP contribution >= 0.6 is 24.0 Å². The molecule has 0 amide bonds. The Morgan fingerprint density at radius 2 is 1.93 bits per heavy atom. The van der Waals surface area contributed by atoms with Crippen LogP contribution in [0.5, 0.6) is 5.75 Å². The predicted octanol–water partition coefficient (Wildman–Crippen LogP) is 4.07. The fourth-order valence-electron chi connectivity index (χ4n) is 2.99. The summed E-state index contributed by atoms with van der Waals surface area (Å²) in [5.74, 6) is 3.38. The SMILES string of the molecule is CCc1noc(CC)c1CNC(=NC)NCc1ccccc1OCC1CC1.I. The van der Waals surface area contributed by atoms with Gasteiger partial charge >= 0.3 is 0 Å². The van der Waals surface area contributed by atoms with Crippen LogP contribution < -0.4 is 15.4 Å². The van der Waals surface area contributed by atoms with Gasteiger partial charge in [0.15, 0.2) is 5.96 Å². The zero-order valence-electron chi connectivity index (χ0n) is 17.0. The zero-order chi connectivity index (χ0) is 19.1. The number of para-hydroxylation sites is 1. The Balaban J connectivity index is 0.00000280. The first-order valence-electron chi connectivity index (χ1n) is 9.86. The molecule has 2 N–H and O–H groups in total. The third kappa shape index (κ3) is 6.12. The fraction of sp³-hybridized carbons (Fsp3) is 0.524. The van der Waals surface area contributed by atoms with Gasteiger partial charge in [0.05, 0.1) is 12.3 Å². The van der Waals surface area contributed by atoms with Crippen LogP contribution in [-0.4, -0.2) is 24.8 Å². The minimum absolute atomic E-state index is 0. The highest BCUT2D eigenvalue weighted by atomic mass is 127. The van der Waals surface area contributed by atoms with E-state index in [9.17, 15) is 0 Å². The third-order valence-corrected chi connectivity index (χ3v) is 4.85. The molecule has 2 aromatic rings. The van der Waals surface area contributed by atoms with Gasteiger partial charge in [-0.2, -0.15) is 0 Å². The van der Waals surface area contributed by atoms with Crippen LogP contribution in [0.15, 0.2) is 33.8 Å². The molecule has 0 radical (unpaired) electrons. The smallest absolute Gasteiger partial charge is 0.191 e. The van der Waals surface area contributed by atoms with E-state index >= 15 is 0 Å². The Hall–Kier alpha value is -1.77. The number of halogens is 1. The fourth-order valence-corrected chi connectivity index (χ4v) is 2.99. The number of aryl methyl sites for hydroxylation is 2. The first-order valence-corrected chi connectivity index (χ1v) is 9.86. The van der Waals surface area contributed by atoms with Crippen LogP contribution in [0.2, 0.25) is 0 Å². The molecule has 154 valence electrons. The molecule has 0 bridgehead atoms. The average Bonchev–Trinajstić information content (AvgIpc) is 3.45. The summed E-state index contributed by atoms with van der Waals surface area (Å²) < 4.78 is 11.4. The number of nitrogens with one attached hydrogen (secondary N) is 2. The topological polar surface area (TPSA) is 71.7 Å². The van der Waals surface area contributed by atoms with Crippen LogP contribution in [0, 0.1) is 5.92 Å². The van der Waals surface area contributed by atoms with E-state index in [-0.39, 0.29) is 24.0 Å². The lowest BCUT2D eigenvalue weighted by Crippen LogP contribution is -2.36. The molecule has 1 aromatic carbocycles. The Morgan fingerprint density at radius 1 is 1.18 bits per heavy atom. The third-order valence-electron chi connectivity index (χ3n) is 4.85. The molecule has 0 spiro atoms. The first kappa shape index (κ1) is 22.5. The van der Waals surface area contributed by atoms with Gasteiger partial charge in [-0.05, 0) is 31.2 Å². The Morgan fingerprint density at radius 3 is 2.61 bits per heavy atom. The van der Waals surface area contributed by atoms with Crippen molar-refractivity contribution >= 4 is 29.9 Å². The highest BCUT2D eigenvalue weighted by Crippen LogP contribution is 2.30. The summed E-state index contributed by atoms with van der Waals surface area (Å²) in [6, 6.07) is 8.18. The lowest BCUT2D eigenvalue weighted by Gasteiger charge is -2.15. The number of nitrogens with zero attached hydrogens (tertiary/aromatic N) is 2. The molecule has 0 unspecified atom stereocenters. The van der Waals surface area contributed by atoms with E-state index in [1.54, 1.807) is 7.05 Å². The summed E-state index contributed by atoms with van der Waals surface area (Å²) in [6.07, 6.45) is 4.28. The minimum Gasteiger partial charge on any atom is -0.493 e. The van der Waals surface area contributed by atoms with E-state index in [0.717, 1.165) is 59.7 Å². The molecule has 1 fully saturated rings. The van der Waals surface area contributed by atoms with Crippen LogP contribution in [0.3, 0.4) is 0 Å². The molecule has 0 saturated heterocycles. The number of hydrogen-bond acceptors (Lipinski definition) is 4. The van der Waals surface area contributed by atoms with Gasteiger partial charge in [0.25, 0.3) is 0 Å². The number of aliphatic imine (C=N–C) groups is 1. The first-order chi connectivity index (χ1) is 13.2. The summed E-state index contributed by atoms with van der Waals surface area (Å²) in [5, 5.41) is 10.9. The molecule has 0 aliphatic heterocycles. The van der Waals surface area contributed by atoms with Crippen molar-refractivity contribution < 1.29 is 9.26 Å². The van der Waals surface area contributed by atoms with Crippen molar-refractivity contribution in [3.05, 3.63) is 46.8 Å². The van der Waals surface area contributed by atoms with E-state index in [4.69, 9.17) is 9.26 Å². The molecule has 28 heavy (non-hydrogen) atoms. The molecule has 1 heterocycles. The summed E-state index contributed by atoms with van der Waals surface area (Å²) in [4.78, 5) is 4.33. The normalized spacial score (nSPS) is 13.8. The molecule has 1 aliphatic carbocycles. The minimum atomic E-state index is 0. The molecule has 0 atom stereocenters. The van der Waals surface area contributed by atoms with Gasteiger partial charge in [-0.3, -0.25) is 4.99 Å². The monoisotopic (exact) mass is 498 g/mol. The van der Waals surface area contributed by atoms with Crippen LogP contribution in [-0.2, 0) is 25.9 Å². The van der Waals surface area contributed by atoms with Gasteiger partial charge in [-0.1, -0.05) is 37.2 Å². The van der Waals surface area contributed by atoms with Crippen molar-refractivity contribution in [1.29, 1.82) is 0 Å². The lowest BCUT2D eigenvalue weighted by atomic mass is 10.1. The molecule has 3 rings (SSSR count). The van der Waals surface area contributed by atoms with E-state index in [1.165, 1.54) is 12.8 Å². The molecular weight excluding hydrogens is 467 g/mol. The quantitative estimate of drug-likeness (QED) is 0.310. The van der Waals surface area contributed by atoms with Crippen molar-refractivity contribution in [1.82, 2.24) is 15.8 Å². The average molecular weight is 498 g/mol. The molecular formula is C21H31IN4O2. The Labute approximate surface area is 184 Å². The zero-order valence-corrected chi connectivity index (χ0v) is 19.3. The molecule has 1 saturated carbocycles. The van der Waals surface area contributed by atoms with Gasteiger partial charge in [0, 0.05) is 37.7 Å². The highest BCUT2D eigenvalue weighted by Gasteiger charge is 2.22. The molecule has 6 nitrogen and oxygen atoms in total. The number of aromatic nitrogens is 1. The van der Waals surface area contributed by atoms with Gasteiger partial charge in [-0.15, -0.1) is 24.0 Å². The van der Waals surface area contributed by atoms with Gasteiger partial charge < -0.3 is 19.9 Å². The summed E-state index contributed by atoms with van der Waals surface area (Å²) in [5.41, 5.74) is 3.28. The largest absolute Gasteiger partial charge is 0.493 e. The maximum absolute atomic E-state index is 5.99. The van der Waals surface area contributed by atoms with E-state index in [2.05, 4.69) is 40.7 Å². The maximum atomic E-state index is 5.99. The Kier molecular flexibility index (Phi) is 9.08. The van der Waals surface area contributed by atoms with Crippen LogP contribution in [0.25, 0.3) is 0 Å². The van der Waals surface area contributed by atoms with E-state index in [1.807, 2.05) is 18.2 Å². The van der Waals surface area contributed by atoms with Gasteiger partial charge in [-0.25, -0.2) is 0 Å². The lowest BCUT2D eigenvalue weighted by molar-refractivity contribution is 0.296. The number of benzene rings is 1. The van der Waals surface area contributed by atoms with Crippen molar-refractivity contribution in [2.45, 2.75) is 52.6 Å². The van der Waals surface area contributed by atoms with E-state index in [0.29, 0.717) is 13.1 Å². The highest BCUT2D eigenvalue weighted by molar-refractivity contribution is 14.0. The van der Waals surface area contributed by atoms with Crippen LogP contribution in [0.1, 0.15) is 49.3 Å². The van der Waals surface area contributed by atoms with Crippen LogP contribution in [0.4, 0.5) is 0 Å². The molecule has 1 aromatic heterocycles. The predicted molar refractivity (Wildman–Crippen MR) is 122 cm³/mol. The standard InChI is InChI=1S/C21H30N4O2.HI/c1-4-18-17(19(5-2)27-25-18)13-24-21(22-3)23-12-16-8-6-7-9-20(16)26-14-15-10-11-15;/h6-9,15H,4-5,10-14H2,1-3H3,(H2,22,23,24);1H. The summed E-state index contributed by atoms with van der Waals surface area (Å²) >= 11 is 0. The summed E-state index contributed by atoms with van der Waals surface area (Å²) in [6.45, 7) is 6.29. The van der Waals surface area contributed by atoms with Crippen molar-refractivity contribution in [2.75, 3.05) is 13.7 Å². The second-order valence-electron chi connectivity index (χ2n) is 6.88. The number of hydrogen-bond donors (Lipinski definition) is 2.